The predicted octanol–water partition coefficient (Wildman–Crippen LogP) is 6.92. The van der Waals surface area contributed by atoms with Crippen molar-refractivity contribution in [3.8, 4) is 0 Å². The number of allylic oxidation sites excluding steroid dienone is 4. The number of anilines is 1. The highest BCUT2D eigenvalue weighted by molar-refractivity contribution is 6.31. The molecule has 6 nitrogen and oxygen atoms in total. The first-order chi connectivity index (χ1) is 20.2. The molecule has 1 spiro atoms. The van der Waals surface area contributed by atoms with Crippen LogP contribution in [0.4, 0.5) is 10.1 Å². The molecule has 222 valence electrons. The summed E-state index contributed by atoms with van der Waals surface area (Å²) in [7, 11) is 1.36. The van der Waals surface area contributed by atoms with Crippen LogP contribution < -0.4 is 5.32 Å². The molecule has 1 aliphatic carbocycles. The van der Waals surface area contributed by atoms with Crippen molar-refractivity contribution >= 4 is 40.8 Å². The van der Waals surface area contributed by atoms with Gasteiger partial charge in [0.1, 0.15) is 11.4 Å². The van der Waals surface area contributed by atoms with Crippen LogP contribution >= 0.6 is 23.2 Å². The van der Waals surface area contributed by atoms with Gasteiger partial charge in [-0.2, -0.15) is 0 Å². The number of nitrogens with zero attached hydrogens (tertiary/aromatic N) is 2. The third-order valence-corrected chi connectivity index (χ3v) is 8.95. The van der Waals surface area contributed by atoms with Gasteiger partial charge in [-0.3, -0.25) is 14.6 Å². The van der Waals surface area contributed by atoms with Gasteiger partial charge in [-0.05, 0) is 73.2 Å². The molecular weight excluding hydrogens is 576 g/mol. The molecule has 1 N–H and O–H groups in total. The maximum atomic E-state index is 16.6. The second-order valence-corrected chi connectivity index (χ2v) is 12.3. The van der Waals surface area contributed by atoms with Gasteiger partial charge < -0.3 is 10.1 Å². The summed E-state index contributed by atoms with van der Waals surface area (Å²) in [4.78, 5) is 30.4. The Morgan fingerprint density at radius 3 is 2.64 bits per heavy atom. The molecule has 1 unspecified atom stereocenters. The summed E-state index contributed by atoms with van der Waals surface area (Å²) < 4.78 is 21.4. The molecule has 42 heavy (non-hydrogen) atoms. The Kier molecular flexibility index (Phi) is 9.23. The smallest absolute Gasteiger partial charge is 0.337 e. The Hall–Kier alpha value is -2.97. The van der Waals surface area contributed by atoms with Gasteiger partial charge in [-0.25, -0.2) is 9.18 Å². The van der Waals surface area contributed by atoms with Crippen molar-refractivity contribution < 1.29 is 18.7 Å². The number of benzene rings is 2. The van der Waals surface area contributed by atoms with E-state index in [0.717, 1.165) is 37.1 Å². The maximum Gasteiger partial charge on any atom is 0.337 e. The lowest BCUT2D eigenvalue weighted by Crippen LogP contribution is -2.51. The quantitative estimate of drug-likeness (QED) is 0.221. The van der Waals surface area contributed by atoms with Crippen molar-refractivity contribution in [2.75, 3.05) is 38.6 Å². The molecular formula is C33H36Cl2FN3O3. The number of esters is 1. The summed E-state index contributed by atoms with van der Waals surface area (Å²) >= 11 is 12.2. The van der Waals surface area contributed by atoms with Crippen LogP contribution in [0.2, 0.25) is 5.02 Å². The van der Waals surface area contributed by atoms with E-state index in [1.54, 1.807) is 36.4 Å². The van der Waals surface area contributed by atoms with E-state index in [1.165, 1.54) is 13.2 Å². The third-order valence-electron chi connectivity index (χ3n) is 8.59. The second kappa shape index (κ2) is 12.7. The molecule has 2 heterocycles. The zero-order valence-electron chi connectivity index (χ0n) is 23.9. The van der Waals surface area contributed by atoms with Gasteiger partial charge in [0.15, 0.2) is 0 Å². The van der Waals surface area contributed by atoms with E-state index in [2.05, 4.69) is 28.6 Å². The van der Waals surface area contributed by atoms with Crippen molar-refractivity contribution in [3.63, 3.8) is 0 Å². The Labute approximate surface area is 256 Å². The van der Waals surface area contributed by atoms with Crippen LogP contribution in [0.5, 0.6) is 0 Å². The molecule has 1 saturated heterocycles. The topological polar surface area (TPSA) is 61.9 Å². The van der Waals surface area contributed by atoms with Crippen LogP contribution in [0.15, 0.2) is 78.1 Å². The lowest BCUT2D eigenvalue weighted by Gasteiger charge is -2.38. The Bertz CT molecular complexity index is 1420. The minimum atomic E-state index is -1.19. The molecule has 2 fully saturated rings. The van der Waals surface area contributed by atoms with Crippen LogP contribution in [0.25, 0.3) is 0 Å². The number of hydrogen-bond donors (Lipinski definition) is 1. The Balaban J connectivity index is 1.52. The van der Waals surface area contributed by atoms with E-state index >= 15 is 4.39 Å². The molecule has 5 rings (SSSR count). The number of fused-ring (bicyclic) bond motifs is 2. The third kappa shape index (κ3) is 6.06. The number of methoxy groups -OCH3 is 1. The van der Waals surface area contributed by atoms with E-state index in [0.29, 0.717) is 46.9 Å². The van der Waals surface area contributed by atoms with Crippen molar-refractivity contribution in [1.29, 1.82) is 0 Å². The fourth-order valence-electron chi connectivity index (χ4n) is 6.51. The number of nitrogens with one attached hydrogen (secondary N) is 1. The van der Waals surface area contributed by atoms with Gasteiger partial charge in [-0.15, -0.1) is 0 Å². The number of hydrogen-bond acceptors (Lipinski definition) is 5. The van der Waals surface area contributed by atoms with Crippen molar-refractivity contribution in [2.45, 2.75) is 31.8 Å². The van der Waals surface area contributed by atoms with Crippen LogP contribution in [-0.4, -0.2) is 55.0 Å². The number of halogens is 3. The zero-order valence-corrected chi connectivity index (χ0v) is 25.4. The molecule has 3 atom stereocenters. The Morgan fingerprint density at radius 2 is 2.00 bits per heavy atom. The van der Waals surface area contributed by atoms with Gasteiger partial charge in [-0.1, -0.05) is 61.0 Å². The number of carbonyl (C=O) groups excluding carboxylic acids is 2. The molecule has 0 radical (unpaired) electrons. The standard InChI is InChI=1S/C33H36Cl2FN3O3/c1-4-38(17-22-10-12-24(13-11-22)31(40)42-3)19-25-20-39(18-23-8-9-23)33(30(25)28(36)7-5-6-21(2)34)27-15-14-26(35)16-29(27)37-32(33)41/h5-7,10-16,23,25,30H,2,4,8-9,17-20H2,1,3H3,(H,37,41)/b6-5-,28-7-/t25-,30?,33-/m1/s1. The van der Waals surface area contributed by atoms with E-state index in [4.69, 9.17) is 27.9 Å². The summed E-state index contributed by atoms with van der Waals surface area (Å²) in [6.45, 7) is 8.95. The molecule has 1 amide bonds. The summed E-state index contributed by atoms with van der Waals surface area (Å²) in [5.41, 5.74) is 1.72. The van der Waals surface area contributed by atoms with Gasteiger partial charge in [0.25, 0.3) is 0 Å². The van der Waals surface area contributed by atoms with Gasteiger partial charge in [0.05, 0.1) is 12.7 Å². The van der Waals surface area contributed by atoms with E-state index in [-0.39, 0.29) is 23.6 Å². The van der Waals surface area contributed by atoms with Crippen LogP contribution in [0.3, 0.4) is 0 Å². The summed E-state index contributed by atoms with van der Waals surface area (Å²) in [6, 6.07) is 12.7. The molecule has 2 aromatic rings. The van der Waals surface area contributed by atoms with Gasteiger partial charge in [0, 0.05) is 53.4 Å². The first-order valence-electron chi connectivity index (χ1n) is 14.3. The molecule has 0 aromatic heterocycles. The van der Waals surface area contributed by atoms with Crippen molar-refractivity contribution in [2.24, 2.45) is 17.8 Å². The van der Waals surface area contributed by atoms with E-state index in [1.807, 2.05) is 18.2 Å². The minimum Gasteiger partial charge on any atom is -0.465 e. The number of carbonyl (C=O) groups is 2. The fourth-order valence-corrected chi connectivity index (χ4v) is 6.76. The normalized spacial score (nSPS) is 24.0. The average Bonchev–Trinajstić information content (AvgIpc) is 3.66. The molecule has 3 aliphatic rings. The van der Waals surface area contributed by atoms with Gasteiger partial charge >= 0.3 is 5.97 Å². The van der Waals surface area contributed by atoms with Crippen molar-refractivity contribution in [1.82, 2.24) is 9.80 Å². The first-order valence-corrected chi connectivity index (χ1v) is 15.1. The highest BCUT2D eigenvalue weighted by atomic mass is 35.5. The number of rotatable bonds is 11. The van der Waals surface area contributed by atoms with Crippen LogP contribution in [0, 0.1) is 17.8 Å². The highest BCUT2D eigenvalue weighted by Gasteiger charge is 2.64. The highest BCUT2D eigenvalue weighted by Crippen LogP contribution is 2.56. The van der Waals surface area contributed by atoms with E-state index < -0.39 is 11.5 Å². The predicted molar refractivity (Wildman–Crippen MR) is 165 cm³/mol. The average molecular weight is 613 g/mol. The zero-order chi connectivity index (χ0) is 30.0. The molecule has 9 heteroatoms. The molecule has 1 saturated carbocycles. The summed E-state index contributed by atoms with van der Waals surface area (Å²) in [6.07, 6.45) is 6.72. The fraction of sp³-hybridized carbons (Fsp3) is 0.394. The first kappa shape index (κ1) is 30.5. The van der Waals surface area contributed by atoms with Crippen LogP contribution in [-0.2, 0) is 21.6 Å². The lowest BCUT2D eigenvalue weighted by atomic mass is 9.74. The number of likely N-dealkylation sites (tertiary alicyclic amines) is 1. The molecule has 2 aliphatic heterocycles. The largest absolute Gasteiger partial charge is 0.465 e. The van der Waals surface area contributed by atoms with Crippen molar-refractivity contribution in [3.05, 3.63) is 99.8 Å². The van der Waals surface area contributed by atoms with Crippen LogP contribution in [0.1, 0.15) is 41.3 Å². The lowest BCUT2D eigenvalue weighted by molar-refractivity contribution is -0.128. The van der Waals surface area contributed by atoms with Gasteiger partial charge in [0.2, 0.25) is 5.91 Å². The minimum absolute atomic E-state index is 0.186. The molecule has 0 bridgehead atoms. The summed E-state index contributed by atoms with van der Waals surface area (Å²) in [5.74, 6) is -1.40. The summed E-state index contributed by atoms with van der Waals surface area (Å²) in [5, 5.41) is 3.84. The maximum absolute atomic E-state index is 16.6. The number of amides is 1. The molecule has 2 aromatic carbocycles. The SMILES string of the molecule is C=C(Cl)/C=C\C=C(/F)C1[C@H](CN(CC)Cc2ccc(C(=O)OC)cc2)CN(CC2CC2)[C@@]12C(=O)Nc1cc(Cl)ccc12. The Morgan fingerprint density at radius 1 is 1.26 bits per heavy atom. The monoisotopic (exact) mass is 611 g/mol. The number of ether oxygens (including phenoxy) is 1. The van der Waals surface area contributed by atoms with E-state index in [9.17, 15) is 9.59 Å². The second-order valence-electron chi connectivity index (χ2n) is 11.4.